The van der Waals surface area contributed by atoms with Gasteiger partial charge >= 0.3 is 5.97 Å². The smallest absolute Gasteiger partial charge is 0.336 e. The van der Waals surface area contributed by atoms with Crippen LogP contribution in [0.4, 0.5) is 10.1 Å². The topological polar surface area (TPSA) is 85.3 Å². The molecule has 2 aliphatic heterocycles. The van der Waals surface area contributed by atoms with Gasteiger partial charge in [-0.1, -0.05) is 6.07 Å². The third-order valence-electron chi connectivity index (χ3n) is 5.09. The van der Waals surface area contributed by atoms with Crippen LogP contribution < -0.4 is 14.4 Å². The molecule has 0 radical (unpaired) electrons. The third-order valence-corrected chi connectivity index (χ3v) is 5.09. The van der Waals surface area contributed by atoms with E-state index < -0.39 is 17.7 Å². The molecule has 29 heavy (non-hydrogen) atoms. The molecule has 0 saturated heterocycles. The van der Waals surface area contributed by atoms with E-state index in [1.807, 2.05) is 0 Å². The molecule has 0 spiro atoms. The number of nitrogens with zero attached hydrogens (tertiary/aromatic N) is 1. The second kappa shape index (κ2) is 7.12. The van der Waals surface area contributed by atoms with Crippen LogP contribution in [0.15, 0.2) is 47.7 Å². The van der Waals surface area contributed by atoms with Crippen LogP contribution in [0.5, 0.6) is 17.2 Å². The monoisotopic (exact) mass is 399 g/mol. The van der Waals surface area contributed by atoms with Crippen LogP contribution in [-0.4, -0.2) is 37.8 Å². The molecule has 0 fully saturated rings. The van der Waals surface area contributed by atoms with Crippen LogP contribution in [0.1, 0.15) is 17.9 Å². The van der Waals surface area contributed by atoms with Gasteiger partial charge in [0, 0.05) is 12.3 Å². The zero-order valence-electron chi connectivity index (χ0n) is 15.8. The lowest BCUT2D eigenvalue weighted by Crippen LogP contribution is -2.37. The highest BCUT2D eigenvalue weighted by Gasteiger charge is 2.43. The summed E-state index contributed by atoms with van der Waals surface area (Å²) in [7, 11) is 2.79. The van der Waals surface area contributed by atoms with Crippen LogP contribution in [0.3, 0.4) is 0 Å². The van der Waals surface area contributed by atoms with Gasteiger partial charge in [-0.25, -0.2) is 9.18 Å². The van der Waals surface area contributed by atoms with Gasteiger partial charge in [-0.05, 0) is 35.9 Å². The lowest BCUT2D eigenvalue weighted by atomic mass is 9.83. The molecule has 150 valence electrons. The molecule has 7 nitrogen and oxygen atoms in total. The largest absolute Gasteiger partial charge is 0.502 e. The van der Waals surface area contributed by atoms with E-state index in [1.165, 1.54) is 37.3 Å². The highest BCUT2D eigenvalue weighted by atomic mass is 19.1. The Morgan fingerprint density at radius 2 is 1.83 bits per heavy atom. The van der Waals surface area contributed by atoms with Crippen molar-refractivity contribution in [2.45, 2.75) is 12.3 Å². The molecule has 0 aromatic heterocycles. The zero-order valence-corrected chi connectivity index (χ0v) is 15.8. The fraction of sp³-hybridized carbons (Fsp3) is 0.238. The number of esters is 1. The van der Waals surface area contributed by atoms with Crippen LogP contribution in [0.2, 0.25) is 0 Å². The number of methoxy groups -OCH3 is 2. The number of cyclic esters (lactones) is 1. The Morgan fingerprint density at radius 1 is 1.14 bits per heavy atom. The van der Waals surface area contributed by atoms with Crippen LogP contribution in [0, 0.1) is 5.82 Å². The molecule has 0 unspecified atom stereocenters. The van der Waals surface area contributed by atoms with Crippen molar-refractivity contribution in [1.82, 2.24) is 0 Å². The minimum Gasteiger partial charge on any atom is -0.502 e. The molecule has 2 aromatic carbocycles. The van der Waals surface area contributed by atoms with Crippen LogP contribution >= 0.6 is 0 Å². The van der Waals surface area contributed by atoms with Crippen molar-refractivity contribution in [3.63, 3.8) is 0 Å². The van der Waals surface area contributed by atoms with Gasteiger partial charge in [-0.15, -0.1) is 0 Å². The molecular formula is C21H18FNO6. The fourth-order valence-corrected chi connectivity index (χ4v) is 3.77. The second-order valence-corrected chi connectivity index (χ2v) is 6.68. The SMILES string of the molecule is COc1cc([C@H]2CC(=O)N(c3cccc(F)c3)C3=C2C(=O)OC3)cc(OC)c1O. The van der Waals surface area contributed by atoms with Crippen LogP contribution in [0.25, 0.3) is 0 Å². The van der Waals surface area contributed by atoms with Crippen molar-refractivity contribution >= 4 is 17.6 Å². The Balaban J connectivity index is 1.85. The number of anilines is 1. The van der Waals surface area contributed by atoms with Crippen molar-refractivity contribution < 1.29 is 33.3 Å². The van der Waals surface area contributed by atoms with Crippen LogP contribution in [-0.2, 0) is 14.3 Å². The van der Waals surface area contributed by atoms with E-state index in [-0.39, 0.29) is 36.2 Å². The molecular weight excluding hydrogens is 381 g/mol. The standard InChI is InChI=1S/C21H18FNO6/c1-27-16-6-11(7-17(28-2)20(16)25)14-9-18(24)23(13-5-3-4-12(22)8-13)15-10-29-21(26)19(14)15/h3-8,14,25H,9-10H2,1-2H3/t14-/m1/s1. The Morgan fingerprint density at radius 3 is 2.45 bits per heavy atom. The number of phenolic OH excluding ortho intramolecular Hbond substituents is 1. The van der Waals surface area contributed by atoms with Crippen molar-refractivity contribution in [3.05, 3.63) is 59.0 Å². The lowest BCUT2D eigenvalue weighted by Gasteiger charge is -2.32. The lowest BCUT2D eigenvalue weighted by molar-refractivity contribution is -0.136. The van der Waals surface area contributed by atoms with Gasteiger partial charge in [-0.3, -0.25) is 9.69 Å². The average molecular weight is 399 g/mol. The number of halogens is 1. The minimum absolute atomic E-state index is 0.0401. The summed E-state index contributed by atoms with van der Waals surface area (Å²) in [5.41, 5.74) is 1.60. The number of amides is 1. The van der Waals surface area contributed by atoms with Gasteiger partial charge in [0.1, 0.15) is 12.4 Å². The Labute approximate surface area is 165 Å². The second-order valence-electron chi connectivity index (χ2n) is 6.68. The maximum atomic E-state index is 13.7. The number of aromatic hydroxyl groups is 1. The average Bonchev–Trinajstić information content (AvgIpc) is 3.09. The third kappa shape index (κ3) is 3.06. The van der Waals surface area contributed by atoms with Gasteiger partial charge < -0.3 is 19.3 Å². The van der Waals surface area contributed by atoms with Gasteiger partial charge in [0.25, 0.3) is 0 Å². The number of benzene rings is 2. The van der Waals surface area contributed by atoms with Crippen molar-refractivity contribution in [1.29, 1.82) is 0 Å². The quantitative estimate of drug-likeness (QED) is 0.796. The molecule has 2 aromatic rings. The molecule has 4 rings (SSSR count). The number of ether oxygens (including phenoxy) is 3. The predicted molar refractivity (Wildman–Crippen MR) is 100 cm³/mol. The molecule has 2 heterocycles. The van der Waals surface area contributed by atoms with E-state index in [0.29, 0.717) is 22.5 Å². The molecule has 1 atom stereocenters. The van der Waals surface area contributed by atoms with Gasteiger partial charge in [0.15, 0.2) is 11.5 Å². The van der Waals surface area contributed by atoms with Crippen molar-refractivity contribution in [3.8, 4) is 17.2 Å². The summed E-state index contributed by atoms with van der Waals surface area (Å²) in [6.45, 7) is -0.0841. The summed E-state index contributed by atoms with van der Waals surface area (Å²) in [6, 6.07) is 8.73. The first kappa shape index (κ1) is 18.8. The Hall–Kier alpha value is -3.55. The highest BCUT2D eigenvalue weighted by Crippen LogP contribution is 2.46. The maximum Gasteiger partial charge on any atom is 0.336 e. The van der Waals surface area contributed by atoms with E-state index in [9.17, 15) is 19.1 Å². The molecule has 1 amide bonds. The maximum absolute atomic E-state index is 13.7. The van der Waals surface area contributed by atoms with Gasteiger partial charge in [0.05, 0.1) is 31.2 Å². The highest BCUT2D eigenvalue weighted by molar-refractivity contribution is 6.06. The first-order chi connectivity index (χ1) is 13.9. The molecule has 0 saturated carbocycles. The summed E-state index contributed by atoms with van der Waals surface area (Å²) in [6.07, 6.45) is -0.0401. The number of carbonyl (C=O) groups is 2. The van der Waals surface area contributed by atoms with E-state index in [0.717, 1.165) is 0 Å². The zero-order chi connectivity index (χ0) is 20.7. The molecule has 0 bridgehead atoms. The summed E-state index contributed by atoms with van der Waals surface area (Å²) in [5, 5.41) is 10.2. The first-order valence-electron chi connectivity index (χ1n) is 8.88. The van der Waals surface area contributed by atoms with E-state index in [4.69, 9.17) is 14.2 Å². The summed E-state index contributed by atoms with van der Waals surface area (Å²) in [5.74, 6) is -1.79. The Bertz CT molecular complexity index is 1020. The summed E-state index contributed by atoms with van der Waals surface area (Å²) >= 11 is 0. The number of hydrogen-bond donors (Lipinski definition) is 1. The molecule has 1 N–H and O–H groups in total. The predicted octanol–water partition coefficient (Wildman–Crippen LogP) is 2.88. The van der Waals surface area contributed by atoms with E-state index in [2.05, 4.69) is 0 Å². The molecule has 8 heteroatoms. The van der Waals surface area contributed by atoms with E-state index in [1.54, 1.807) is 18.2 Å². The van der Waals surface area contributed by atoms with Crippen molar-refractivity contribution in [2.75, 3.05) is 25.7 Å². The number of carbonyl (C=O) groups excluding carboxylic acids is 2. The Kier molecular flexibility index (Phi) is 4.62. The van der Waals surface area contributed by atoms with Crippen molar-refractivity contribution in [2.24, 2.45) is 0 Å². The number of hydrogen-bond acceptors (Lipinski definition) is 6. The molecule has 0 aliphatic carbocycles. The first-order valence-corrected chi connectivity index (χ1v) is 8.88. The normalized spacial score (nSPS) is 18.6. The van der Waals surface area contributed by atoms with Gasteiger partial charge in [0.2, 0.25) is 11.7 Å². The van der Waals surface area contributed by atoms with E-state index >= 15 is 0 Å². The fourth-order valence-electron chi connectivity index (χ4n) is 3.77. The number of rotatable bonds is 4. The summed E-state index contributed by atoms with van der Waals surface area (Å²) in [4.78, 5) is 26.8. The summed E-state index contributed by atoms with van der Waals surface area (Å²) < 4.78 is 29.3. The number of phenols is 1. The molecule has 2 aliphatic rings. The van der Waals surface area contributed by atoms with Gasteiger partial charge in [-0.2, -0.15) is 0 Å². The minimum atomic E-state index is -0.610.